The molecule has 0 aromatic carbocycles. The molecule has 0 aromatic rings. The summed E-state index contributed by atoms with van der Waals surface area (Å²) in [5, 5.41) is 7.94. The van der Waals surface area contributed by atoms with Gasteiger partial charge < -0.3 is 15.5 Å². The molecular formula is C20H35N3OS. The highest BCUT2D eigenvalue weighted by atomic mass is 32.1. The Morgan fingerprint density at radius 1 is 0.880 bits per heavy atom. The summed E-state index contributed by atoms with van der Waals surface area (Å²) in [5.41, 5.74) is -0.315. The van der Waals surface area contributed by atoms with Crippen molar-refractivity contribution in [2.24, 2.45) is 5.41 Å². The number of hydrogen-bond acceptors (Lipinski definition) is 2. The summed E-state index contributed by atoms with van der Waals surface area (Å²) in [7, 11) is 0. The Bertz CT molecular complexity index is 482. The van der Waals surface area contributed by atoms with Crippen LogP contribution in [-0.4, -0.2) is 40.1 Å². The van der Waals surface area contributed by atoms with Crippen LogP contribution >= 0.6 is 12.2 Å². The Labute approximate surface area is 158 Å². The fraction of sp³-hybridized carbons (Fsp3) is 0.900. The van der Waals surface area contributed by atoms with Crippen LogP contribution in [0.2, 0.25) is 0 Å². The summed E-state index contributed by atoms with van der Waals surface area (Å²) in [6, 6.07) is 1.85. The molecule has 2 heterocycles. The first-order valence-corrected chi connectivity index (χ1v) is 10.6. The van der Waals surface area contributed by atoms with Gasteiger partial charge in [0.15, 0.2) is 5.11 Å². The quantitative estimate of drug-likeness (QED) is 0.732. The molecule has 0 spiro atoms. The number of nitrogens with zero attached hydrogens (tertiary/aromatic N) is 1. The highest BCUT2D eigenvalue weighted by molar-refractivity contribution is 7.80. The standard InChI is InChI=1S/C20H35N3OS/c1-20(2,3)18(24)21-15-12-16-10-7-11-17(13-15)23(16)19(25)22-14-8-5-4-6-9-14/h14-17H,4-13H2,1-3H3,(H,21,24)(H,22,25). The maximum Gasteiger partial charge on any atom is 0.225 e. The molecular weight excluding hydrogens is 330 g/mol. The zero-order valence-corrected chi connectivity index (χ0v) is 17.0. The number of carbonyl (C=O) groups excluding carboxylic acids is 1. The second kappa shape index (κ2) is 7.81. The smallest absolute Gasteiger partial charge is 0.225 e. The number of piperidine rings is 2. The third-order valence-corrected chi connectivity index (χ3v) is 6.49. The minimum absolute atomic E-state index is 0.173. The fourth-order valence-corrected chi connectivity index (χ4v) is 5.19. The van der Waals surface area contributed by atoms with E-state index in [1.807, 2.05) is 20.8 Å². The van der Waals surface area contributed by atoms with E-state index in [0.29, 0.717) is 24.2 Å². The molecule has 0 radical (unpaired) electrons. The van der Waals surface area contributed by atoms with E-state index >= 15 is 0 Å². The van der Waals surface area contributed by atoms with E-state index in [4.69, 9.17) is 12.2 Å². The van der Waals surface area contributed by atoms with E-state index in [2.05, 4.69) is 15.5 Å². The number of hydrogen-bond donors (Lipinski definition) is 2. The minimum Gasteiger partial charge on any atom is -0.360 e. The van der Waals surface area contributed by atoms with Gasteiger partial charge in [0, 0.05) is 29.6 Å². The normalized spacial score (nSPS) is 30.7. The van der Waals surface area contributed by atoms with E-state index in [1.165, 1.54) is 51.4 Å². The molecule has 3 fully saturated rings. The van der Waals surface area contributed by atoms with Gasteiger partial charge in [-0.15, -0.1) is 0 Å². The molecule has 2 aliphatic heterocycles. The summed E-state index contributed by atoms with van der Waals surface area (Å²) >= 11 is 5.82. The predicted octanol–water partition coefficient (Wildman–Crippen LogP) is 3.74. The highest BCUT2D eigenvalue weighted by Gasteiger charge is 2.41. The molecule has 3 rings (SSSR count). The Kier molecular flexibility index (Phi) is 5.92. The molecule has 2 atom stereocenters. The molecule has 25 heavy (non-hydrogen) atoms. The summed E-state index contributed by atoms with van der Waals surface area (Å²) in [4.78, 5) is 14.9. The molecule has 1 amide bonds. The van der Waals surface area contributed by atoms with Crippen LogP contribution < -0.4 is 10.6 Å². The summed E-state index contributed by atoms with van der Waals surface area (Å²) < 4.78 is 0. The molecule has 0 aromatic heterocycles. The maximum atomic E-state index is 12.4. The van der Waals surface area contributed by atoms with E-state index in [1.54, 1.807) is 0 Å². The van der Waals surface area contributed by atoms with Gasteiger partial charge >= 0.3 is 0 Å². The van der Waals surface area contributed by atoms with Crippen LogP contribution in [0.4, 0.5) is 0 Å². The average Bonchev–Trinajstić information content (AvgIpc) is 2.54. The van der Waals surface area contributed by atoms with Crippen molar-refractivity contribution in [2.45, 2.75) is 109 Å². The number of fused-ring (bicyclic) bond motifs is 2. The summed E-state index contributed by atoms with van der Waals surface area (Å²) in [6.45, 7) is 5.96. The lowest BCUT2D eigenvalue weighted by Crippen LogP contribution is -2.62. The average molecular weight is 366 g/mol. The molecule has 2 unspecified atom stereocenters. The van der Waals surface area contributed by atoms with Crippen LogP contribution in [0.15, 0.2) is 0 Å². The third kappa shape index (κ3) is 4.66. The lowest BCUT2D eigenvalue weighted by Gasteiger charge is -2.51. The Balaban J connectivity index is 1.59. The number of thiocarbonyl (C=S) groups is 1. The Morgan fingerprint density at radius 2 is 1.48 bits per heavy atom. The number of carbonyl (C=O) groups is 1. The van der Waals surface area contributed by atoms with Gasteiger partial charge in [-0.25, -0.2) is 0 Å². The summed E-state index contributed by atoms with van der Waals surface area (Å²) in [5.74, 6) is 0.173. The first kappa shape index (κ1) is 18.9. The van der Waals surface area contributed by atoms with Crippen molar-refractivity contribution in [3.8, 4) is 0 Å². The molecule has 1 aliphatic carbocycles. The zero-order valence-electron chi connectivity index (χ0n) is 16.1. The largest absolute Gasteiger partial charge is 0.360 e. The van der Waals surface area contributed by atoms with Crippen LogP contribution in [0.3, 0.4) is 0 Å². The van der Waals surface area contributed by atoms with Crippen LogP contribution in [0.25, 0.3) is 0 Å². The van der Waals surface area contributed by atoms with Gasteiger partial charge in [0.05, 0.1) is 0 Å². The minimum atomic E-state index is -0.315. The number of amides is 1. The van der Waals surface area contributed by atoms with E-state index < -0.39 is 0 Å². The van der Waals surface area contributed by atoms with E-state index in [9.17, 15) is 4.79 Å². The van der Waals surface area contributed by atoms with Crippen molar-refractivity contribution in [3.05, 3.63) is 0 Å². The molecule has 2 bridgehead atoms. The van der Waals surface area contributed by atoms with Gasteiger partial charge in [0.1, 0.15) is 0 Å². The SMILES string of the molecule is CC(C)(C)C(=O)NC1CC2CCCC(C1)N2C(=S)NC1CCCCC1. The van der Waals surface area contributed by atoms with E-state index in [-0.39, 0.29) is 11.3 Å². The predicted molar refractivity (Wildman–Crippen MR) is 106 cm³/mol. The maximum absolute atomic E-state index is 12.4. The van der Waals surface area contributed by atoms with E-state index in [0.717, 1.165) is 18.0 Å². The van der Waals surface area contributed by atoms with Crippen molar-refractivity contribution < 1.29 is 4.79 Å². The lowest BCUT2D eigenvalue weighted by atomic mass is 9.81. The van der Waals surface area contributed by atoms with Gasteiger partial charge in [-0.3, -0.25) is 4.79 Å². The molecule has 2 saturated heterocycles. The molecule has 5 heteroatoms. The molecule has 142 valence electrons. The van der Waals surface area contributed by atoms with Crippen molar-refractivity contribution in [1.82, 2.24) is 15.5 Å². The number of rotatable bonds is 2. The van der Waals surface area contributed by atoms with Crippen molar-refractivity contribution in [2.75, 3.05) is 0 Å². The van der Waals surface area contributed by atoms with Crippen LogP contribution in [0, 0.1) is 5.41 Å². The van der Waals surface area contributed by atoms with Gasteiger partial charge in [-0.1, -0.05) is 40.0 Å². The number of nitrogens with one attached hydrogen (secondary N) is 2. The van der Waals surface area contributed by atoms with Gasteiger partial charge in [-0.2, -0.15) is 0 Å². The van der Waals surface area contributed by atoms with Gasteiger partial charge in [-0.05, 0) is 57.2 Å². The fourth-order valence-electron chi connectivity index (χ4n) is 4.73. The van der Waals surface area contributed by atoms with Crippen LogP contribution in [0.1, 0.15) is 85.0 Å². The van der Waals surface area contributed by atoms with Gasteiger partial charge in [0.2, 0.25) is 5.91 Å². The Hall–Kier alpha value is -0.840. The molecule has 4 nitrogen and oxygen atoms in total. The Morgan fingerprint density at radius 3 is 2.04 bits per heavy atom. The first-order chi connectivity index (χ1) is 11.8. The second-order valence-corrected chi connectivity index (χ2v) is 9.71. The monoisotopic (exact) mass is 365 g/mol. The van der Waals surface area contributed by atoms with Crippen LogP contribution in [0.5, 0.6) is 0 Å². The first-order valence-electron chi connectivity index (χ1n) is 10.2. The summed E-state index contributed by atoms with van der Waals surface area (Å²) in [6.07, 6.45) is 12.3. The lowest BCUT2D eigenvalue weighted by molar-refractivity contribution is -0.129. The van der Waals surface area contributed by atoms with Crippen molar-refractivity contribution >= 4 is 23.2 Å². The van der Waals surface area contributed by atoms with Gasteiger partial charge in [0.25, 0.3) is 0 Å². The topological polar surface area (TPSA) is 44.4 Å². The molecule has 3 aliphatic rings. The third-order valence-electron chi connectivity index (χ3n) is 6.16. The van der Waals surface area contributed by atoms with Crippen molar-refractivity contribution in [3.63, 3.8) is 0 Å². The van der Waals surface area contributed by atoms with Crippen LogP contribution in [-0.2, 0) is 4.79 Å². The zero-order chi connectivity index (χ0) is 18.0. The molecule has 1 saturated carbocycles. The molecule has 2 N–H and O–H groups in total. The second-order valence-electron chi connectivity index (χ2n) is 9.32. The van der Waals surface area contributed by atoms with Crippen molar-refractivity contribution in [1.29, 1.82) is 0 Å². The highest BCUT2D eigenvalue weighted by Crippen LogP contribution is 2.35.